The highest BCUT2D eigenvalue weighted by Crippen LogP contribution is 2.22. The normalized spacial score (nSPS) is 13.7. The number of rotatable bonds is 47. The van der Waals surface area contributed by atoms with Crippen LogP contribution < -0.4 is 0 Å². The van der Waals surface area contributed by atoms with Gasteiger partial charge in [0, 0.05) is 11.9 Å². The SMILES string of the molecule is C=C(CCCN(CCCCCCCC(O)OCCCCCCCCC)CCCCCCCC(O)OC(CCCCCCCC)CCCCCCCC)C(S)C(C)C. The lowest BCUT2D eigenvalue weighted by Crippen LogP contribution is -2.27. The van der Waals surface area contributed by atoms with Crippen molar-refractivity contribution in [2.45, 2.75) is 283 Å². The number of ether oxygens (including phenoxy) is 2. The van der Waals surface area contributed by atoms with E-state index in [0.717, 1.165) is 64.3 Å². The zero-order valence-electron chi connectivity index (χ0n) is 39.3. The van der Waals surface area contributed by atoms with Crippen molar-refractivity contribution in [1.29, 1.82) is 0 Å². The summed E-state index contributed by atoms with van der Waals surface area (Å²) in [4.78, 5) is 2.70. The maximum Gasteiger partial charge on any atom is 0.154 e. The van der Waals surface area contributed by atoms with Crippen LogP contribution in [0.4, 0.5) is 0 Å². The van der Waals surface area contributed by atoms with Crippen LogP contribution in [0.2, 0.25) is 0 Å². The standard InChI is InChI=1S/C51H103NO4S/c1-7-10-13-16-19-28-35-45-55-49(53)40-31-24-20-26-33-42-52(44-36-37-47(6)51(57)46(4)5)43-34-27-21-25-32-41-50(54)56-48(38-29-22-17-14-11-8-2)39-30-23-18-15-12-9-3/h46,48-51,53-54,57H,6-45H2,1-5H3. The first-order valence-electron chi connectivity index (χ1n) is 25.5. The Morgan fingerprint density at radius 1 is 0.491 bits per heavy atom. The minimum Gasteiger partial charge on any atom is -0.368 e. The van der Waals surface area contributed by atoms with Crippen LogP contribution in [0.3, 0.4) is 0 Å². The molecule has 0 heterocycles. The molecular formula is C51H103NO4S. The highest BCUT2D eigenvalue weighted by atomic mass is 32.1. The molecule has 57 heavy (non-hydrogen) atoms. The number of aliphatic hydroxyl groups excluding tert-OH is 2. The Bertz CT molecular complexity index is 796. The molecular weight excluding hydrogens is 723 g/mol. The summed E-state index contributed by atoms with van der Waals surface area (Å²) in [6, 6.07) is 0. The van der Waals surface area contributed by atoms with Gasteiger partial charge in [0.1, 0.15) is 0 Å². The first kappa shape index (κ1) is 56.9. The fourth-order valence-corrected chi connectivity index (χ4v) is 8.22. The average Bonchev–Trinajstić information content (AvgIpc) is 3.19. The summed E-state index contributed by atoms with van der Waals surface area (Å²) in [5.74, 6) is 0.527. The van der Waals surface area contributed by atoms with Gasteiger partial charge in [0.05, 0.1) is 6.10 Å². The van der Waals surface area contributed by atoms with Crippen molar-refractivity contribution >= 4 is 12.6 Å². The minimum absolute atomic E-state index is 0.224. The van der Waals surface area contributed by atoms with Crippen LogP contribution in [-0.2, 0) is 9.47 Å². The van der Waals surface area contributed by atoms with Crippen LogP contribution in [0.5, 0.6) is 0 Å². The van der Waals surface area contributed by atoms with Gasteiger partial charge < -0.3 is 24.6 Å². The fourth-order valence-electron chi connectivity index (χ4n) is 8.09. The molecule has 0 bridgehead atoms. The second-order valence-corrected chi connectivity index (χ2v) is 18.7. The zero-order valence-corrected chi connectivity index (χ0v) is 40.2. The van der Waals surface area contributed by atoms with E-state index in [0.29, 0.717) is 12.5 Å². The molecule has 0 aromatic heterocycles. The summed E-state index contributed by atoms with van der Waals surface area (Å²) < 4.78 is 12.0. The zero-order chi connectivity index (χ0) is 42.0. The molecule has 0 aliphatic rings. The Labute approximate surface area is 363 Å². The second-order valence-electron chi connectivity index (χ2n) is 18.2. The summed E-state index contributed by atoms with van der Waals surface area (Å²) in [7, 11) is 0. The topological polar surface area (TPSA) is 62.2 Å². The monoisotopic (exact) mass is 826 g/mol. The fraction of sp³-hybridized carbons (Fsp3) is 0.961. The third-order valence-electron chi connectivity index (χ3n) is 12.0. The molecule has 0 aromatic rings. The Morgan fingerprint density at radius 3 is 1.32 bits per heavy atom. The molecule has 0 radical (unpaired) electrons. The summed E-state index contributed by atoms with van der Waals surface area (Å²) in [5.41, 5.74) is 1.28. The average molecular weight is 826 g/mol. The van der Waals surface area contributed by atoms with Gasteiger partial charge in [-0.3, -0.25) is 0 Å². The third-order valence-corrected chi connectivity index (χ3v) is 13.0. The van der Waals surface area contributed by atoms with Gasteiger partial charge in [0.2, 0.25) is 0 Å². The second kappa shape index (κ2) is 44.0. The van der Waals surface area contributed by atoms with E-state index in [1.54, 1.807) is 0 Å². The maximum atomic E-state index is 10.8. The summed E-state index contributed by atoms with van der Waals surface area (Å²) in [5, 5.41) is 21.3. The maximum absolute atomic E-state index is 10.8. The highest BCUT2D eigenvalue weighted by Gasteiger charge is 2.15. The van der Waals surface area contributed by atoms with Crippen molar-refractivity contribution in [1.82, 2.24) is 4.90 Å². The van der Waals surface area contributed by atoms with Crippen LogP contribution in [-0.4, -0.2) is 65.3 Å². The number of hydrogen-bond acceptors (Lipinski definition) is 6. The van der Waals surface area contributed by atoms with Gasteiger partial charge in [-0.25, -0.2) is 0 Å². The molecule has 6 heteroatoms. The molecule has 0 spiro atoms. The van der Waals surface area contributed by atoms with Crippen molar-refractivity contribution in [3.05, 3.63) is 12.2 Å². The van der Waals surface area contributed by atoms with Gasteiger partial charge in [-0.15, -0.1) is 0 Å². The van der Waals surface area contributed by atoms with Gasteiger partial charge in [-0.05, 0) is 96.2 Å². The number of unbranched alkanes of at least 4 members (excludes halogenated alkanes) is 24. The van der Waals surface area contributed by atoms with Crippen molar-refractivity contribution in [3.8, 4) is 0 Å². The Kier molecular flexibility index (Phi) is 43.9. The van der Waals surface area contributed by atoms with E-state index in [-0.39, 0.29) is 11.4 Å². The lowest BCUT2D eigenvalue weighted by molar-refractivity contribution is -0.144. The Hall–Kier alpha value is -0.110. The van der Waals surface area contributed by atoms with Crippen molar-refractivity contribution < 1.29 is 19.7 Å². The molecule has 3 atom stereocenters. The third kappa shape index (κ3) is 39.8. The van der Waals surface area contributed by atoms with Crippen molar-refractivity contribution in [2.24, 2.45) is 5.92 Å². The van der Waals surface area contributed by atoms with Crippen molar-refractivity contribution in [2.75, 3.05) is 26.2 Å². The first-order chi connectivity index (χ1) is 27.7. The lowest BCUT2D eigenvalue weighted by Gasteiger charge is -2.24. The molecule has 2 N–H and O–H groups in total. The van der Waals surface area contributed by atoms with Crippen LogP contribution in [0.1, 0.15) is 259 Å². The van der Waals surface area contributed by atoms with Gasteiger partial charge in [0.25, 0.3) is 0 Å². The van der Waals surface area contributed by atoms with Crippen LogP contribution in [0, 0.1) is 5.92 Å². The Morgan fingerprint density at radius 2 is 0.860 bits per heavy atom. The first-order valence-corrected chi connectivity index (χ1v) is 26.0. The molecule has 0 fully saturated rings. The van der Waals surface area contributed by atoms with E-state index in [1.165, 1.54) is 186 Å². The minimum atomic E-state index is -0.605. The highest BCUT2D eigenvalue weighted by molar-refractivity contribution is 7.81. The molecule has 3 unspecified atom stereocenters. The number of nitrogens with zero attached hydrogens (tertiary/aromatic N) is 1. The summed E-state index contributed by atoms with van der Waals surface area (Å²) in [6.45, 7) is 19.8. The van der Waals surface area contributed by atoms with E-state index >= 15 is 0 Å². The largest absolute Gasteiger partial charge is 0.368 e. The molecule has 0 saturated heterocycles. The summed E-state index contributed by atoms with van der Waals surface area (Å²) in [6.07, 6.45) is 41.6. The van der Waals surface area contributed by atoms with Crippen LogP contribution in [0.15, 0.2) is 12.2 Å². The van der Waals surface area contributed by atoms with Crippen LogP contribution >= 0.6 is 12.6 Å². The quantitative estimate of drug-likeness (QED) is 0.0247. The molecule has 342 valence electrons. The summed E-state index contributed by atoms with van der Waals surface area (Å²) >= 11 is 4.81. The number of thiol groups is 1. The van der Waals surface area contributed by atoms with Gasteiger partial charge in [-0.2, -0.15) is 12.6 Å². The molecule has 0 aromatic carbocycles. The van der Waals surface area contributed by atoms with Gasteiger partial charge in [-0.1, -0.05) is 201 Å². The van der Waals surface area contributed by atoms with E-state index in [4.69, 9.17) is 22.1 Å². The number of hydrogen-bond donors (Lipinski definition) is 3. The van der Waals surface area contributed by atoms with E-state index in [9.17, 15) is 10.2 Å². The van der Waals surface area contributed by atoms with E-state index in [1.807, 2.05) is 0 Å². The van der Waals surface area contributed by atoms with Crippen molar-refractivity contribution in [3.63, 3.8) is 0 Å². The molecule has 0 aliphatic heterocycles. The number of aliphatic hydroxyl groups is 2. The van der Waals surface area contributed by atoms with Gasteiger partial charge in [0.15, 0.2) is 12.6 Å². The van der Waals surface area contributed by atoms with E-state index < -0.39 is 12.6 Å². The molecule has 0 amide bonds. The molecule has 0 rings (SSSR count). The van der Waals surface area contributed by atoms with Gasteiger partial charge >= 0.3 is 0 Å². The predicted molar refractivity (Wildman–Crippen MR) is 255 cm³/mol. The predicted octanol–water partition coefficient (Wildman–Crippen LogP) is 15.6. The lowest BCUT2D eigenvalue weighted by atomic mass is 9.99. The molecule has 0 aliphatic carbocycles. The van der Waals surface area contributed by atoms with Crippen LogP contribution in [0.25, 0.3) is 0 Å². The smallest absolute Gasteiger partial charge is 0.154 e. The van der Waals surface area contributed by atoms with E-state index in [2.05, 4.69) is 46.1 Å². The molecule has 5 nitrogen and oxygen atoms in total. The molecule has 0 saturated carbocycles. The Balaban J connectivity index is 4.43.